The summed E-state index contributed by atoms with van der Waals surface area (Å²) >= 11 is 0. The Morgan fingerprint density at radius 2 is 0.754 bits per heavy atom. The quantitative estimate of drug-likeness (QED) is 0.156. The highest BCUT2D eigenvalue weighted by molar-refractivity contribution is 6.04. The molecule has 292 valence electrons. The van der Waals surface area contributed by atoms with Crippen LogP contribution in [0.5, 0.6) is 0 Å². The zero-order valence-electron chi connectivity index (χ0n) is 35.2. The highest BCUT2D eigenvalue weighted by Gasteiger charge is 2.39. The van der Waals surface area contributed by atoms with E-state index in [0.717, 1.165) is 17.1 Å². The molecule has 0 heterocycles. The van der Waals surface area contributed by atoms with Gasteiger partial charge in [-0.25, -0.2) is 0 Å². The normalized spacial score (nSPS) is 13.8. The molecule has 0 aliphatic heterocycles. The van der Waals surface area contributed by atoms with E-state index in [1.165, 1.54) is 89.0 Å². The van der Waals surface area contributed by atoms with E-state index >= 15 is 0 Å². The van der Waals surface area contributed by atoms with Crippen LogP contribution < -0.4 is 4.90 Å². The summed E-state index contributed by atoms with van der Waals surface area (Å²) in [6.45, 7) is 9.53. The van der Waals surface area contributed by atoms with Crippen LogP contribution in [0, 0.1) is 0 Å². The van der Waals surface area contributed by atoms with Crippen LogP contribution in [0.3, 0.4) is 0 Å². The summed E-state index contributed by atoms with van der Waals surface area (Å²) in [6.07, 6.45) is 0. The topological polar surface area (TPSA) is 3.24 Å². The van der Waals surface area contributed by atoms with Gasteiger partial charge < -0.3 is 4.90 Å². The Labute approximate surface area is 360 Å². The van der Waals surface area contributed by atoms with Crippen molar-refractivity contribution < 1.29 is 0 Å². The van der Waals surface area contributed by atoms with Crippen LogP contribution in [-0.2, 0) is 10.8 Å². The molecule has 0 N–H and O–H groups in total. The van der Waals surface area contributed by atoms with Gasteiger partial charge in [-0.1, -0.05) is 204 Å². The van der Waals surface area contributed by atoms with Crippen molar-refractivity contribution in [3.05, 3.63) is 235 Å². The monoisotopic (exact) mass is 781 g/mol. The molecule has 0 saturated carbocycles. The van der Waals surface area contributed by atoms with E-state index in [4.69, 9.17) is 0 Å². The summed E-state index contributed by atoms with van der Waals surface area (Å²) in [5.41, 5.74) is 23.5. The van der Waals surface area contributed by atoms with E-state index in [-0.39, 0.29) is 10.8 Å². The van der Waals surface area contributed by atoms with Gasteiger partial charge in [0.15, 0.2) is 0 Å². The Balaban J connectivity index is 1.16. The summed E-state index contributed by atoms with van der Waals surface area (Å²) in [7, 11) is 0. The van der Waals surface area contributed by atoms with Crippen LogP contribution >= 0.6 is 0 Å². The van der Waals surface area contributed by atoms with Crippen molar-refractivity contribution in [1.82, 2.24) is 0 Å². The number of nitrogens with zero attached hydrogens (tertiary/aromatic N) is 1. The molecular formula is C60H47N. The van der Waals surface area contributed by atoms with Crippen molar-refractivity contribution in [3.8, 4) is 66.8 Å². The van der Waals surface area contributed by atoms with E-state index in [1.54, 1.807) is 0 Å². The predicted octanol–water partition coefficient (Wildman–Crippen LogP) is 16.4. The van der Waals surface area contributed by atoms with Crippen molar-refractivity contribution >= 4 is 17.1 Å². The molecule has 0 bridgehead atoms. The Hall–Kier alpha value is -7.22. The minimum atomic E-state index is -0.210. The van der Waals surface area contributed by atoms with Crippen molar-refractivity contribution in [1.29, 1.82) is 0 Å². The molecule has 0 radical (unpaired) electrons. The maximum absolute atomic E-state index is 2.51. The first-order valence-corrected chi connectivity index (χ1v) is 21.5. The van der Waals surface area contributed by atoms with E-state index in [0.29, 0.717) is 0 Å². The molecule has 1 heteroatoms. The van der Waals surface area contributed by atoms with Crippen LogP contribution in [0.1, 0.15) is 49.9 Å². The largest absolute Gasteiger partial charge is 0.310 e. The standard InChI is InChI=1S/C60H47N/c1-59(2)52-27-15-14-24-50(52)57-51(26-16-28-53(57)59)58-47(43-22-12-7-13-23-43)25-17-29-56(58)61(45-33-30-42(31-34-45)40-18-8-5-9-19-40)46-35-37-49-48-36-32-44(41-20-10-6-11-21-41)38-54(48)60(3,4)55(49)39-46/h5-39H,1-4H3. The van der Waals surface area contributed by atoms with E-state index < -0.39 is 0 Å². The van der Waals surface area contributed by atoms with Crippen molar-refractivity contribution in [2.24, 2.45) is 0 Å². The van der Waals surface area contributed by atoms with Crippen molar-refractivity contribution in [2.45, 2.75) is 38.5 Å². The van der Waals surface area contributed by atoms with Gasteiger partial charge >= 0.3 is 0 Å². The van der Waals surface area contributed by atoms with E-state index in [1.807, 2.05) is 0 Å². The lowest BCUT2D eigenvalue weighted by Crippen LogP contribution is -2.17. The smallest absolute Gasteiger partial charge is 0.0546 e. The molecule has 0 amide bonds. The second-order valence-electron chi connectivity index (χ2n) is 17.7. The molecule has 61 heavy (non-hydrogen) atoms. The SMILES string of the molecule is CC1(C)c2cc(-c3ccccc3)ccc2-c2ccc(N(c3ccc(-c4ccccc4)cc3)c3cccc(-c4ccccc4)c3-c3cccc4c3-c3ccccc3C4(C)C)cc21. The maximum Gasteiger partial charge on any atom is 0.0546 e. The second kappa shape index (κ2) is 14.2. The molecule has 9 aromatic carbocycles. The number of rotatable bonds is 7. The fraction of sp³-hybridized carbons (Fsp3) is 0.100. The predicted molar refractivity (Wildman–Crippen MR) is 258 cm³/mol. The lowest BCUT2D eigenvalue weighted by Gasteiger charge is -2.31. The molecule has 0 aromatic heterocycles. The minimum absolute atomic E-state index is 0.127. The molecule has 0 fully saturated rings. The Morgan fingerprint density at radius 3 is 1.46 bits per heavy atom. The van der Waals surface area contributed by atoms with Gasteiger partial charge in [0.25, 0.3) is 0 Å². The van der Waals surface area contributed by atoms with Crippen LogP contribution in [0.15, 0.2) is 212 Å². The highest BCUT2D eigenvalue weighted by Crippen LogP contribution is 2.56. The van der Waals surface area contributed by atoms with Gasteiger partial charge in [0.2, 0.25) is 0 Å². The average molecular weight is 782 g/mol. The van der Waals surface area contributed by atoms with Gasteiger partial charge in [-0.2, -0.15) is 0 Å². The summed E-state index contributed by atoms with van der Waals surface area (Å²) in [6, 6.07) is 78.6. The van der Waals surface area contributed by atoms with Gasteiger partial charge in [0.1, 0.15) is 0 Å². The number of hydrogen-bond acceptors (Lipinski definition) is 1. The zero-order valence-corrected chi connectivity index (χ0v) is 35.2. The molecule has 0 atom stereocenters. The number of fused-ring (bicyclic) bond motifs is 6. The fourth-order valence-electron chi connectivity index (χ4n) is 10.4. The number of anilines is 3. The van der Waals surface area contributed by atoms with Gasteiger partial charge in [-0.3, -0.25) is 0 Å². The third-order valence-corrected chi connectivity index (χ3v) is 13.5. The van der Waals surface area contributed by atoms with Crippen molar-refractivity contribution in [3.63, 3.8) is 0 Å². The first-order valence-electron chi connectivity index (χ1n) is 21.5. The van der Waals surface area contributed by atoms with E-state index in [9.17, 15) is 0 Å². The van der Waals surface area contributed by atoms with Gasteiger partial charge in [-0.15, -0.1) is 0 Å². The zero-order chi connectivity index (χ0) is 41.3. The molecule has 9 aromatic rings. The van der Waals surface area contributed by atoms with Gasteiger partial charge in [0, 0.05) is 27.8 Å². The Morgan fingerprint density at radius 1 is 0.279 bits per heavy atom. The summed E-state index contributed by atoms with van der Waals surface area (Å²) in [5, 5.41) is 0. The molecule has 2 aliphatic carbocycles. The lowest BCUT2D eigenvalue weighted by molar-refractivity contribution is 0.660. The average Bonchev–Trinajstić information content (AvgIpc) is 3.69. The molecule has 11 rings (SSSR count). The summed E-state index contributed by atoms with van der Waals surface area (Å²) in [5.74, 6) is 0. The fourth-order valence-corrected chi connectivity index (χ4v) is 10.4. The molecular weight excluding hydrogens is 735 g/mol. The first kappa shape index (κ1) is 36.8. The molecule has 1 nitrogen and oxygen atoms in total. The van der Waals surface area contributed by atoms with Crippen LogP contribution in [0.25, 0.3) is 66.8 Å². The third kappa shape index (κ3) is 5.91. The molecule has 0 unspecified atom stereocenters. The summed E-state index contributed by atoms with van der Waals surface area (Å²) in [4.78, 5) is 2.51. The first-order chi connectivity index (χ1) is 29.8. The van der Waals surface area contributed by atoms with Crippen LogP contribution in [0.4, 0.5) is 17.1 Å². The van der Waals surface area contributed by atoms with Gasteiger partial charge in [-0.05, 0) is 120 Å². The number of benzene rings is 9. The highest BCUT2D eigenvalue weighted by atomic mass is 15.1. The van der Waals surface area contributed by atoms with Crippen LogP contribution in [0.2, 0.25) is 0 Å². The summed E-state index contributed by atoms with van der Waals surface area (Å²) < 4.78 is 0. The Kier molecular flexibility index (Phi) is 8.58. The molecule has 0 saturated heterocycles. The van der Waals surface area contributed by atoms with Gasteiger partial charge in [0.05, 0.1) is 5.69 Å². The second-order valence-corrected chi connectivity index (χ2v) is 17.7. The minimum Gasteiger partial charge on any atom is -0.310 e. The maximum atomic E-state index is 2.51. The lowest BCUT2D eigenvalue weighted by atomic mass is 9.81. The number of hydrogen-bond donors (Lipinski definition) is 0. The Bertz CT molecular complexity index is 3100. The third-order valence-electron chi connectivity index (χ3n) is 13.5. The van der Waals surface area contributed by atoms with Crippen LogP contribution in [-0.4, -0.2) is 0 Å². The molecule has 0 spiro atoms. The van der Waals surface area contributed by atoms with Crippen molar-refractivity contribution in [2.75, 3.05) is 4.90 Å². The van der Waals surface area contributed by atoms with E-state index in [2.05, 4.69) is 245 Å². The molecule has 2 aliphatic rings.